The number of hydrogen-bond donors (Lipinski definition) is 0. The van der Waals surface area contributed by atoms with Crippen molar-refractivity contribution in [3.8, 4) is 0 Å². The van der Waals surface area contributed by atoms with Crippen LogP contribution in [-0.4, -0.2) is 110 Å². The molecule has 2 amide bonds. The Balaban J connectivity index is 0.889. The summed E-state index contributed by atoms with van der Waals surface area (Å²) in [6.45, 7) is 9.69. The van der Waals surface area contributed by atoms with E-state index in [-0.39, 0.29) is 47.9 Å². The van der Waals surface area contributed by atoms with Crippen molar-refractivity contribution in [2.45, 2.75) is 64.5 Å². The van der Waals surface area contributed by atoms with E-state index in [9.17, 15) is 28.8 Å². The highest BCUT2D eigenvalue weighted by Crippen LogP contribution is 2.33. The molecule has 334 valence electrons. The molecule has 4 aromatic carbocycles. The number of anilines is 4. The third-order valence-electron chi connectivity index (χ3n) is 12.6. The first-order valence-corrected chi connectivity index (χ1v) is 22.6. The van der Waals surface area contributed by atoms with Crippen molar-refractivity contribution in [1.29, 1.82) is 0 Å². The minimum absolute atomic E-state index is 0.0349. The Hall–Kier alpha value is -5.80. The number of carbonyl (C=O) groups is 6. The van der Waals surface area contributed by atoms with E-state index in [0.717, 1.165) is 47.7 Å². The molecule has 0 saturated carbocycles. The number of Topliss-reactive ketones (excluding diaryl/α,β-unsaturated/α-hetero) is 2. The van der Waals surface area contributed by atoms with E-state index in [1.165, 1.54) is 12.1 Å². The quantitative estimate of drug-likeness (QED) is 0.110. The average molecular weight is 910 g/mol. The van der Waals surface area contributed by atoms with E-state index in [1.807, 2.05) is 62.4 Å². The molecule has 0 spiro atoms. The number of amides is 2. The van der Waals surface area contributed by atoms with Gasteiger partial charge < -0.3 is 19.5 Å². The molecule has 8 rings (SSSR count). The summed E-state index contributed by atoms with van der Waals surface area (Å²) in [5, 5.41) is 2.83. The maximum Gasteiger partial charge on any atom is 0.444 e. The maximum absolute atomic E-state index is 13.9. The fraction of sp³-hybridized carbons (Fsp3) is 0.375. The highest BCUT2D eigenvalue weighted by molar-refractivity contribution is 6.31. The predicted molar refractivity (Wildman–Crippen MR) is 244 cm³/mol. The minimum atomic E-state index is -1.52. The van der Waals surface area contributed by atoms with Gasteiger partial charge in [-0.1, -0.05) is 49.2 Å². The monoisotopic (exact) mass is 908 g/mol. The summed E-state index contributed by atoms with van der Waals surface area (Å²) in [5.74, 6) is -4.27. The molecule has 14 nitrogen and oxygen atoms in total. The molecule has 2 unspecified atom stereocenters. The van der Waals surface area contributed by atoms with Crippen LogP contribution in [0.5, 0.6) is 0 Å². The lowest BCUT2D eigenvalue weighted by Crippen LogP contribution is -2.52. The van der Waals surface area contributed by atoms with E-state index in [4.69, 9.17) is 32.9 Å². The van der Waals surface area contributed by atoms with Gasteiger partial charge in [0.25, 0.3) is 11.8 Å². The van der Waals surface area contributed by atoms with Crippen LogP contribution in [0.15, 0.2) is 84.9 Å². The number of rotatable bonds is 12. The molecule has 4 aliphatic heterocycles. The third kappa shape index (κ3) is 9.51. The molecule has 4 aromatic rings. The Morgan fingerprint density at radius 2 is 0.922 bits per heavy atom. The van der Waals surface area contributed by atoms with Crippen LogP contribution in [0.1, 0.15) is 71.4 Å². The SMILES string of the molecule is CCC(C(=O)c1ccc2c(c1)CCC(=O)N2OC(=O)C(=O)ON1C(=O)CCc2cc(C(=O)C(CC)N3CCN(c4cccc(Cl)c4)CC3)ccc21)N1CCN(c2cccc(Cl)c2)CC1. The second-order valence-electron chi connectivity index (χ2n) is 16.4. The van der Waals surface area contributed by atoms with Crippen molar-refractivity contribution in [2.75, 3.05) is 72.3 Å². The normalized spacial score (nSPS) is 17.9. The zero-order valence-corrected chi connectivity index (χ0v) is 37.4. The Bertz CT molecular complexity index is 2300. The van der Waals surface area contributed by atoms with Gasteiger partial charge in [0.1, 0.15) is 0 Å². The number of piperazine rings is 2. The molecule has 64 heavy (non-hydrogen) atoms. The summed E-state index contributed by atoms with van der Waals surface area (Å²) in [6.07, 6.45) is 1.73. The van der Waals surface area contributed by atoms with Gasteiger partial charge in [0.05, 0.1) is 23.5 Å². The van der Waals surface area contributed by atoms with Crippen molar-refractivity contribution in [1.82, 2.24) is 9.80 Å². The van der Waals surface area contributed by atoms with Crippen LogP contribution in [0, 0.1) is 0 Å². The van der Waals surface area contributed by atoms with Crippen molar-refractivity contribution < 1.29 is 38.4 Å². The lowest BCUT2D eigenvalue weighted by atomic mass is 9.94. The second-order valence-corrected chi connectivity index (χ2v) is 17.3. The highest BCUT2D eigenvalue weighted by atomic mass is 35.5. The standard InChI is InChI=1S/C48H50Cl2N6O8/c1-3-39(53-23-19-51(20-24-53)37-9-5-7-35(49)29-37)45(59)33-11-15-41-31(27-33)13-17-43(57)55(41)63-47(61)48(62)64-56-42-16-12-34(28-32(42)14-18-44(56)58)46(60)40(4-2)54-25-21-52(22-26-54)38-10-6-8-36(50)30-38/h5-12,15-16,27-30,39-40H,3-4,13-14,17-26H2,1-2H3. The maximum atomic E-state index is 13.9. The fourth-order valence-electron chi connectivity index (χ4n) is 9.20. The van der Waals surface area contributed by atoms with Gasteiger partial charge in [-0.3, -0.25) is 29.0 Å². The number of hydroxylamine groups is 2. The zero-order valence-electron chi connectivity index (χ0n) is 35.8. The molecule has 2 atom stereocenters. The molecule has 16 heteroatoms. The number of aryl methyl sites for hydroxylation is 2. The van der Waals surface area contributed by atoms with E-state index in [1.54, 1.807) is 24.3 Å². The first-order chi connectivity index (χ1) is 30.9. The second kappa shape index (κ2) is 19.5. The van der Waals surface area contributed by atoms with Crippen LogP contribution in [0.3, 0.4) is 0 Å². The average Bonchev–Trinajstić information content (AvgIpc) is 3.31. The molecule has 0 N–H and O–H groups in total. The van der Waals surface area contributed by atoms with Gasteiger partial charge in [-0.15, -0.1) is 10.1 Å². The van der Waals surface area contributed by atoms with Crippen LogP contribution >= 0.6 is 23.2 Å². The van der Waals surface area contributed by atoms with E-state index in [2.05, 4.69) is 19.6 Å². The van der Waals surface area contributed by atoms with Crippen molar-refractivity contribution in [3.05, 3.63) is 117 Å². The summed E-state index contributed by atoms with van der Waals surface area (Å²) < 4.78 is 0. The van der Waals surface area contributed by atoms with Crippen LogP contribution in [0.25, 0.3) is 0 Å². The van der Waals surface area contributed by atoms with E-state index in [0.29, 0.717) is 84.2 Å². The Kier molecular flexibility index (Phi) is 13.7. The summed E-state index contributed by atoms with van der Waals surface area (Å²) in [6, 6.07) is 24.4. The van der Waals surface area contributed by atoms with Crippen molar-refractivity contribution in [3.63, 3.8) is 0 Å². The lowest BCUT2D eigenvalue weighted by molar-refractivity contribution is -0.172. The Labute approximate surface area is 382 Å². The van der Waals surface area contributed by atoms with Gasteiger partial charge in [-0.2, -0.15) is 0 Å². The number of carbonyl (C=O) groups excluding carboxylic acids is 6. The highest BCUT2D eigenvalue weighted by Gasteiger charge is 2.37. The molecule has 0 aliphatic carbocycles. The fourth-order valence-corrected chi connectivity index (χ4v) is 9.57. The zero-order chi connectivity index (χ0) is 45.1. The van der Waals surface area contributed by atoms with Gasteiger partial charge in [0.2, 0.25) is 0 Å². The number of fused-ring (bicyclic) bond motifs is 2. The summed E-state index contributed by atoms with van der Waals surface area (Å²) in [7, 11) is 0. The van der Waals surface area contributed by atoms with Gasteiger partial charge >= 0.3 is 11.9 Å². The number of nitrogens with zero attached hydrogens (tertiary/aromatic N) is 6. The van der Waals surface area contributed by atoms with Crippen LogP contribution in [-0.2, 0) is 41.7 Å². The summed E-state index contributed by atoms with van der Waals surface area (Å²) in [4.78, 5) is 100. The van der Waals surface area contributed by atoms with E-state index < -0.39 is 23.8 Å². The van der Waals surface area contributed by atoms with Crippen LogP contribution in [0.2, 0.25) is 10.0 Å². The molecular formula is C48H50Cl2N6O8. The molecule has 0 bridgehead atoms. The lowest BCUT2D eigenvalue weighted by Gasteiger charge is -2.39. The summed E-state index contributed by atoms with van der Waals surface area (Å²) in [5.41, 5.74) is 4.66. The number of ketones is 2. The number of halogens is 2. The number of benzene rings is 4. The Morgan fingerprint density at radius 1 is 0.531 bits per heavy atom. The minimum Gasteiger partial charge on any atom is -0.369 e. The third-order valence-corrected chi connectivity index (χ3v) is 13.1. The first kappa shape index (κ1) is 44.8. The molecule has 2 saturated heterocycles. The Morgan fingerprint density at radius 3 is 1.28 bits per heavy atom. The van der Waals surface area contributed by atoms with Gasteiger partial charge in [-0.25, -0.2) is 9.59 Å². The molecule has 2 fully saturated rings. The van der Waals surface area contributed by atoms with Gasteiger partial charge in [-0.05, 0) is 110 Å². The largest absolute Gasteiger partial charge is 0.444 e. The summed E-state index contributed by atoms with van der Waals surface area (Å²) >= 11 is 12.4. The molecule has 4 heterocycles. The smallest absolute Gasteiger partial charge is 0.369 e. The van der Waals surface area contributed by atoms with Crippen molar-refractivity contribution in [2.24, 2.45) is 0 Å². The van der Waals surface area contributed by atoms with Gasteiger partial charge in [0.15, 0.2) is 11.6 Å². The number of hydrogen-bond acceptors (Lipinski definition) is 12. The molecule has 0 aromatic heterocycles. The van der Waals surface area contributed by atoms with Crippen LogP contribution in [0.4, 0.5) is 22.7 Å². The van der Waals surface area contributed by atoms with E-state index >= 15 is 0 Å². The predicted octanol–water partition coefficient (Wildman–Crippen LogP) is 6.74. The molecular weight excluding hydrogens is 859 g/mol. The molecule has 0 radical (unpaired) electrons. The van der Waals surface area contributed by atoms with Crippen LogP contribution < -0.4 is 19.9 Å². The van der Waals surface area contributed by atoms with Gasteiger partial charge in [0, 0.05) is 97.7 Å². The molecule has 4 aliphatic rings. The topological polar surface area (TPSA) is 140 Å². The van der Waals surface area contributed by atoms with Crippen molar-refractivity contribution >= 4 is 81.3 Å². The first-order valence-electron chi connectivity index (χ1n) is 21.9.